The molecule has 0 aliphatic heterocycles. The molecule has 0 fully saturated rings. The average Bonchev–Trinajstić information content (AvgIpc) is 3.13. The van der Waals surface area contributed by atoms with Gasteiger partial charge in [-0.3, -0.25) is 24.3 Å². The van der Waals surface area contributed by atoms with Crippen LogP contribution in [0.5, 0.6) is 5.75 Å². The summed E-state index contributed by atoms with van der Waals surface area (Å²) in [6.07, 6.45) is 18.6. The number of pyridine rings is 2. The Morgan fingerprint density at radius 3 is 2.16 bits per heavy atom. The van der Waals surface area contributed by atoms with Gasteiger partial charge < -0.3 is 20.7 Å². The second kappa shape index (κ2) is 23.8. The van der Waals surface area contributed by atoms with Gasteiger partial charge in [-0.05, 0) is 74.2 Å². The second-order valence-corrected chi connectivity index (χ2v) is 12.3. The van der Waals surface area contributed by atoms with Crippen LogP contribution in [0.25, 0.3) is 0 Å². The van der Waals surface area contributed by atoms with Gasteiger partial charge in [0.05, 0.1) is 6.61 Å². The second-order valence-electron chi connectivity index (χ2n) is 12.3. The molecule has 49 heavy (non-hydrogen) atoms. The van der Waals surface area contributed by atoms with Crippen molar-refractivity contribution in [1.82, 2.24) is 20.6 Å². The molecule has 0 spiro atoms. The Kier molecular flexibility index (Phi) is 18.9. The lowest BCUT2D eigenvalue weighted by atomic mass is 10.1. The van der Waals surface area contributed by atoms with Crippen LogP contribution in [0.3, 0.4) is 0 Å². The normalized spacial score (nSPS) is 11.4. The molecular weight excluding hydrogens is 616 g/mol. The molecule has 1 atom stereocenters. The maximum absolute atomic E-state index is 13.7. The summed E-state index contributed by atoms with van der Waals surface area (Å²) in [4.78, 5) is 48.9. The lowest BCUT2D eigenvalue weighted by Gasteiger charge is -2.27. The van der Waals surface area contributed by atoms with Gasteiger partial charge in [0.1, 0.15) is 11.6 Å². The van der Waals surface area contributed by atoms with E-state index in [9.17, 15) is 14.4 Å². The molecule has 0 radical (unpaired) electrons. The first kappa shape index (κ1) is 39.0. The minimum Gasteiger partial charge on any atom is -0.494 e. The van der Waals surface area contributed by atoms with Crippen molar-refractivity contribution in [3.63, 3.8) is 0 Å². The molecule has 2 heterocycles. The number of carbonyl (C=O) groups excluding carboxylic acids is 3. The smallest absolute Gasteiger partial charge is 0.271 e. The van der Waals surface area contributed by atoms with Crippen molar-refractivity contribution in [3.8, 4) is 5.75 Å². The molecule has 3 amide bonds. The fraction of sp³-hybridized carbons (Fsp3) is 0.513. The topological polar surface area (TPSA) is 126 Å². The minimum absolute atomic E-state index is 0.0593. The molecule has 10 nitrogen and oxygen atoms in total. The number of ether oxygens (including phenoxy) is 1. The first-order valence-corrected chi connectivity index (χ1v) is 18.2. The highest BCUT2D eigenvalue weighted by Gasteiger charge is 2.27. The molecule has 3 rings (SSSR count). The zero-order valence-corrected chi connectivity index (χ0v) is 29.5. The molecule has 3 N–H and O–H groups in total. The largest absolute Gasteiger partial charge is 0.494 e. The number of anilines is 2. The maximum atomic E-state index is 13.7. The van der Waals surface area contributed by atoms with E-state index in [0.717, 1.165) is 24.9 Å². The number of hydrogen-bond donors (Lipinski definition) is 3. The molecule has 0 aliphatic rings. The Morgan fingerprint density at radius 2 is 1.51 bits per heavy atom. The quantitative estimate of drug-likeness (QED) is 0.0642. The lowest BCUT2D eigenvalue weighted by Crippen LogP contribution is -2.53. The molecule has 1 unspecified atom stereocenters. The number of likely N-dealkylation sites (N-methyl/N-ethyl adjacent to an activating group) is 1. The lowest BCUT2D eigenvalue weighted by molar-refractivity contribution is -0.127. The highest BCUT2D eigenvalue weighted by atomic mass is 16.5. The zero-order chi connectivity index (χ0) is 34.9. The van der Waals surface area contributed by atoms with Crippen molar-refractivity contribution in [2.45, 2.75) is 110 Å². The molecule has 2 aromatic heterocycles. The van der Waals surface area contributed by atoms with Gasteiger partial charge in [-0.1, -0.05) is 76.8 Å². The molecule has 0 bridgehead atoms. The van der Waals surface area contributed by atoms with Crippen LogP contribution in [-0.4, -0.2) is 53.6 Å². The van der Waals surface area contributed by atoms with Crippen LogP contribution in [0.2, 0.25) is 0 Å². The number of rotatable bonds is 25. The summed E-state index contributed by atoms with van der Waals surface area (Å²) < 4.78 is 5.86. The van der Waals surface area contributed by atoms with Gasteiger partial charge in [-0.15, -0.1) is 0 Å². The number of aryl methyl sites for hydroxylation is 1. The number of amides is 3. The van der Waals surface area contributed by atoms with E-state index in [1.807, 2.05) is 25.1 Å². The van der Waals surface area contributed by atoms with Gasteiger partial charge in [0.25, 0.3) is 5.91 Å². The number of unbranched alkanes of at least 4 members (excludes halogenated alkanes) is 9. The molecule has 266 valence electrons. The zero-order valence-electron chi connectivity index (χ0n) is 29.5. The Labute approximate surface area is 292 Å². The van der Waals surface area contributed by atoms with Crippen LogP contribution in [0.4, 0.5) is 11.5 Å². The minimum atomic E-state index is -1.02. The monoisotopic (exact) mass is 672 g/mol. The summed E-state index contributed by atoms with van der Waals surface area (Å²) in [6.45, 7) is 5.64. The first-order valence-electron chi connectivity index (χ1n) is 18.2. The van der Waals surface area contributed by atoms with E-state index in [4.69, 9.17) is 4.74 Å². The third-order valence-electron chi connectivity index (χ3n) is 8.26. The first-order chi connectivity index (χ1) is 24.0. The molecular formula is C39H56N6O4. The van der Waals surface area contributed by atoms with Crippen LogP contribution < -0.4 is 25.6 Å². The number of carbonyl (C=O) groups is 3. The molecule has 0 aliphatic carbocycles. The number of nitrogens with one attached hydrogen (secondary N) is 3. The summed E-state index contributed by atoms with van der Waals surface area (Å²) in [5.41, 5.74) is 1.58. The van der Waals surface area contributed by atoms with Crippen molar-refractivity contribution < 1.29 is 19.1 Å². The standard InChI is InChI=1S/C39H56N6O4/c1-3-5-6-7-8-9-10-11-12-14-29-42-36(46)20-17-30-49-34-24-22-33(23-25-34)43-38(39(48)45(4-2)35-19-13-15-28-41-35)44-37(47)26-21-32-18-16-27-40-31-32/h13,15-16,18-19,22-25,27-28,31,38,43H,3-12,14,17,20-21,26,29-30H2,1-2H3,(H,42,46)(H,44,47). The summed E-state index contributed by atoms with van der Waals surface area (Å²) >= 11 is 0. The summed E-state index contributed by atoms with van der Waals surface area (Å²) in [5.74, 6) is 0.622. The van der Waals surface area contributed by atoms with E-state index in [-0.39, 0.29) is 24.1 Å². The van der Waals surface area contributed by atoms with Gasteiger partial charge in [-0.25, -0.2) is 4.98 Å². The predicted octanol–water partition coefficient (Wildman–Crippen LogP) is 7.21. The third kappa shape index (κ3) is 16.0. The third-order valence-corrected chi connectivity index (χ3v) is 8.26. The van der Waals surface area contributed by atoms with Crippen LogP contribution >= 0.6 is 0 Å². The Balaban J connectivity index is 1.41. The van der Waals surface area contributed by atoms with Crippen LogP contribution in [0.15, 0.2) is 73.2 Å². The summed E-state index contributed by atoms with van der Waals surface area (Å²) in [7, 11) is 0. The van der Waals surface area contributed by atoms with E-state index < -0.39 is 6.17 Å². The Hall–Kier alpha value is -4.47. The predicted molar refractivity (Wildman–Crippen MR) is 196 cm³/mol. The molecule has 0 saturated carbocycles. The van der Waals surface area contributed by atoms with Gasteiger partial charge in [0.15, 0.2) is 6.17 Å². The van der Waals surface area contributed by atoms with E-state index in [1.165, 1.54) is 56.3 Å². The average molecular weight is 673 g/mol. The maximum Gasteiger partial charge on any atom is 0.271 e. The van der Waals surface area contributed by atoms with Gasteiger partial charge in [0, 0.05) is 50.2 Å². The van der Waals surface area contributed by atoms with Crippen LogP contribution in [0, 0.1) is 0 Å². The fourth-order valence-electron chi connectivity index (χ4n) is 5.46. The van der Waals surface area contributed by atoms with Gasteiger partial charge in [-0.2, -0.15) is 0 Å². The highest BCUT2D eigenvalue weighted by Crippen LogP contribution is 2.18. The Morgan fingerprint density at radius 1 is 0.776 bits per heavy atom. The van der Waals surface area contributed by atoms with Crippen molar-refractivity contribution in [2.24, 2.45) is 0 Å². The van der Waals surface area contributed by atoms with E-state index in [0.29, 0.717) is 49.7 Å². The van der Waals surface area contributed by atoms with Gasteiger partial charge >= 0.3 is 0 Å². The van der Waals surface area contributed by atoms with E-state index in [1.54, 1.807) is 55.0 Å². The number of nitrogens with zero attached hydrogens (tertiary/aromatic N) is 3. The molecule has 0 saturated heterocycles. The van der Waals surface area contributed by atoms with Crippen LogP contribution in [0.1, 0.15) is 103 Å². The van der Waals surface area contributed by atoms with Crippen LogP contribution in [-0.2, 0) is 20.8 Å². The molecule has 1 aromatic carbocycles. The highest BCUT2D eigenvalue weighted by molar-refractivity contribution is 5.99. The summed E-state index contributed by atoms with van der Waals surface area (Å²) in [5, 5.41) is 9.07. The molecule has 3 aromatic rings. The van der Waals surface area contributed by atoms with E-state index in [2.05, 4.69) is 32.8 Å². The SMILES string of the molecule is CCCCCCCCCCCCNC(=O)CCCOc1ccc(NC(NC(=O)CCc2cccnc2)C(=O)N(CC)c2ccccn2)cc1. The van der Waals surface area contributed by atoms with Gasteiger partial charge in [0.2, 0.25) is 11.8 Å². The molecule has 10 heteroatoms. The number of hydrogen-bond acceptors (Lipinski definition) is 7. The Bertz CT molecular complexity index is 1340. The van der Waals surface area contributed by atoms with Crippen molar-refractivity contribution in [3.05, 3.63) is 78.8 Å². The summed E-state index contributed by atoms with van der Waals surface area (Å²) in [6, 6.07) is 16.3. The number of benzene rings is 1. The van der Waals surface area contributed by atoms with Crippen molar-refractivity contribution in [2.75, 3.05) is 29.9 Å². The van der Waals surface area contributed by atoms with Crippen molar-refractivity contribution >= 4 is 29.2 Å². The number of aromatic nitrogens is 2. The fourth-order valence-corrected chi connectivity index (χ4v) is 5.46. The van der Waals surface area contributed by atoms with Crippen molar-refractivity contribution in [1.29, 1.82) is 0 Å². The van der Waals surface area contributed by atoms with E-state index >= 15 is 0 Å².